The number of hydrogen-bond donors (Lipinski definition) is 2. The predicted molar refractivity (Wildman–Crippen MR) is 91.5 cm³/mol. The van der Waals surface area contributed by atoms with Crippen molar-refractivity contribution in [1.29, 1.82) is 0 Å². The minimum Gasteiger partial charge on any atom is -0.354 e. The topological polar surface area (TPSA) is 78.5 Å². The second-order valence-electron chi connectivity index (χ2n) is 6.29. The molecule has 0 aliphatic carbocycles. The number of rotatable bonds is 6. The van der Waals surface area contributed by atoms with Crippen LogP contribution in [0.1, 0.15) is 32.8 Å². The van der Waals surface area contributed by atoms with Crippen molar-refractivity contribution in [2.75, 3.05) is 13.1 Å². The maximum Gasteiger partial charge on any atom is 0.325 e. The number of nitrogens with one attached hydrogen (secondary N) is 2. The van der Waals surface area contributed by atoms with Crippen LogP contribution in [0, 0.1) is 5.92 Å². The first-order chi connectivity index (χ1) is 11.3. The van der Waals surface area contributed by atoms with Crippen LogP contribution in [0.3, 0.4) is 0 Å². The molecule has 0 bridgehead atoms. The summed E-state index contributed by atoms with van der Waals surface area (Å²) in [4.78, 5) is 38.1. The number of carbonyl (C=O) groups excluding carboxylic acids is 3. The largest absolute Gasteiger partial charge is 0.354 e. The van der Waals surface area contributed by atoms with Crippen molar-refractivity contribution in [3.63, 3.8) is 0 Å². The minimum atomic E-state index is -1.15. The standard InChI is InChI=1S/C17H22ClN3O3/c1-4-17(12-5-7-13(18)8-6-12)15(23)21(16(24)20-17)10-14(22)19-9-11(2)3/h5-8,11H,4,9-10H2,1-3H3,(H,19,22)(H,20,24)/t17-/m1/s1. The molecule has 2 N–H and O–H groups in total. The molecule has 1 heterocycles. The first-order valence-electron chi connectivity index (χ1n) is 7.97. The van der Waals surface area contributed by atoms with Gasteiger partial charge in [-0.1, -0.05) is 44.5 Å². The number of carbonyl (C=O) groups is 3. The normalized spacial score (nSPS) is 20.5. The first kappa shape index (κ1) is 18.3. The number of urea groups is 1. The minimum absolute atomic E-state index is 0.285. The summed E-state index contributed by atoms with van der Waals surface area (Å²) in [7, 11) is 0. The molecule has 24 heavy (non-hydrogen) atoms. The van der Waals surface area contributed by atoms with E-state index >= 15 is 0 Å². The molecule has 0 aromatic heterocycles. The highest BCUT2D eigenvalue weighted by Gasteiger charge is 2.51. The van der Waals surface area contributed by atoms with Crippen molar-refractivity contribution in [2.45, 2.75) is 32.7 Å². The number of imide groups is 1. The molecule has 6 nitrogen and oxygen atoms in total. The smallest absolute Gasteiger partial charge is 0.325 e. The van der Waals surface area contributed by atoms with Crippen LogP contribution in [0.25, 0.3) is 0 Å². The summed E-state index contributed by atoms with van der Waals surface area (Å²) in [6.45, 7) is 5.97. The third kappa shape index (κ3) is 3.53. The van der Waals surface area contributed by atoms with Gasteiger partial charge in [0.25, 0.3) is 5.91 Å². The number of amides is 4. The average Bonchev–Trinajstić information content (AvgIpc) is 2.78. The van der Waals surface area contributed by atoms with Crippen LogP contribution < -0.4 is 10.6 Å². The SMILES string of the molecule is CC[C@]1(c2ccc(Cl)cc2)NC(=O)N(CC(=O)NCC(C)C)C1=O. The van der Waals surface area contributed by atoms with E-state index in [4.69, 9.17) is 11.6 Å². The Kier molecular flexibility index (Phi) is 5.49. The molecule has 4 amide bonds. The third-order valence-corrected chi connectivity index (χ3v) is 4.30. The van der Waals surface area contributed by atoms with Gasteiger partial charge in [0, 0.05) is 11.6 Å². The van der Waals surface area contributed by atoms with Crippen LogP contribution in [0.15, 0.2) is 24.3 Å². The van der Waals surface area contributed by atoms with Gasteiger partial charge in [-0.25, -0.2) is 4.79 Å². The lowest BCUT2D eigenvalue weighted by molar-refractivity contribution is -0.135. The van der Waals surface area contributed by atoms with E-state index in [1.807, 2.05) is 20.8 Å². The highest BCUT2D eigenvalue weighted by Crippen LogP contribution is 2.32. The van der Waals surface area contributed by atoms with Gasteiger partial charge in [0.2, 0.25) is 5.91 Å². The van der Waals surface area contributed by atoms with Crippen LogP contribution in [-0.4, -0.2) is 35.8 Å². The van der Waals surface area contributed by atoms with Gasteiger partial charge >= 0.3 is 6.03 Å². The molecule has 1 atom stereocenters. The highest BCUT2D eigenvalue weighted by molar-refractivity contribution is 6.30. The van der Waals surface area contributed by atoms with Gasteiger partial charge in [-0.2, -0.15) is 0 Å². The van der Waals surface area contributed by atoms with Crippen molar-refractivity contribution in [3.8, 4) is 0 Å². The summed E-state index contributed by atoms with van der Waals surface area (Å²) in [5.74, 6) is -0.479. The van der Waals surface area contributed by atoms with E-state index in [-0.39, 0.29) is 12.5 Å². The van der Waals surface area contributed by atoms with E-state index in [1.165, 1.54) is 0 Å². The molecule has 130 valence electrons. The summed E-state index contributed by atoms with van der Waals surface area (Å²) in [6.07, 6.45) is 0.378. The molecule has 7 heteroatoms. The molecule has 1 aliphatic rings. The lowest BCUT2D eigenvalue weighted by Gasteiger charge is -2.25. The lowest BCUT2D eigenvalue weighted by Crippen LogP contribution is -2.45. The van der Waals surface area contributed by atoms with Crippen molar-refractivity contribution in [3.05, 3.63) is 34.9 Å². The number of benzene rings is 1. The van der Waals surface area contributed by atoms with Gasteiger partial charge in [0.1, 0.15) is 12.1 Å². The van der Waals surface area contributed by atoms with Crippen molar-refractivity contribution < 1.29 is 14.4 Å². The van der Waals surface area contributed by atoms with Crippen LogP contribution in [0.2, 0.25) is 5.02 Å². The number of halogens is 1. The monoisotopic (exact) mass is 351 g/mol. The summed E-state index contributed by atoms with van der Waals surface area (Å²) in [5.41, 5.74) is -0.502. The summed E-state index contributed by atoms with van der Waals surface area (Å²) >= 11 is 5.89. The van der Waals surface area contributed by atoms with E-state index in [0.29, 0.717) is 29.5 Å². The molecule has 0 radical (unpaired) electrons. The van der Waals surface area contributed by atoms with Gasteiger partial charge in [-0.3, -0.25) is 14.5 Å². The molecule has 0 spiro atoms. The van der Waals surface area contributed by atoms with Gasteiger partial charge in [0.15, 0.2) is 0 Å². The van der Waals surface area contributed by atoms with Gasteiger partial charge in [0.05, 0.1) is 0 Å². The summed E-state index contributed by atoms with van der Waals surface area (Å²) in [6, 6.07) is 6.22. The summed E-state index contributed by atoms with van der Waals surface area (Å²) < 4.78 is 0. The zero-order chi connectivity index (χ0) is 17.9. The molecule has 0 unspecified atom stereocenters. The molecule has 0 saturated carbocycles. The van der Waals surface area contributed by atoms with Gasteiger partial charge in [-0.15, -0.1) is 0 Å². The fourth-order valence-corrected chi connectivity index (χ4v) is 2.79. The Morgan fingerprint density at radius 2 is 1.92 bits per heavy atom. The van der Waals surface area contributed by atoms with E-state index in [0.717, 1.165) is 4.90 Å². The molecule has 2 rings (SSSR count). The third-order valence-electron chi connectivity index (χ3n) is 4.05. The maximum absolute atomic E-state index is 12.9. The van der Waals surface area contributed by atoms with Crippen LogP contribution in [0.5, 0.6) is 0 Å². The average molecular weight is 352 g/mol. The molecular formula is C17H22ClN3O3. The van der Waals surface area contributed by atoms with Crippen LogP contribution in [-0.2, 0) is 15.1 Å². The Bertz CT molecular complexity index is 645. The predicted octanol–water partition coefficient (Wildman–Crippen LogP) is 2.27. The molecule has 1 fully saturated rings. The zero-order valence-electron chi connectivity index (χ0n) is 14.1. The van der Waals surface area contributed by atoms with E-state index in [2.05, 4.69) is 10.6 Å². The van der Waals surface area contributed by atoms with Crippen molar-refractivity contribution >= 4 is 29.4 Å². The number of nitrogens with zero attached hydrogens (tertiary/aromatic N) is 1. The van der Waals surface area contributed by atoms with E-state index < -0.39 is 17.5 Å². The second-order valence-corrected chi connectivity index (χ2v) is 6.72. The van der Waals surface area contributed by atoms with E-state index in [1.54, 1.807) is 24.3 Å². The Hall–Kier alpha value is -2.08. The van der Waals surface area contributed by atoms with Gasteiger partial charge < -0.3 is 10.6 Å². The molecule has 1 aromatic carbocycles. The highest BCUT2D eigenvalue weighted by atomic mass is 35.5. The maximum atomic E-state index is 12.9. The Balaban J connectivity index is 2.19. The lowest BCUT2D eigenvalue weighted by atomic mass is 9.87. The Morgan fingerprint density at radius 1 is 1.29 bits per heavy atom. The fraction of sp³-hybridized carbons (Fsp3) is 0.471. The van der Waals surface area contributed by atoms with Crippen LogP contribution >= 0.6 is 11.6 Å². The molecule has 1 aliphatic heterocycles. The van der Waals surface area contributed by atoms with E-state index in [9.17, 15) is 14.4 Å². The molecule has 1 aromatic rings. The Morgan fingerprint density at radius 3 is 2.46 bits per heavy atom. The number of hydrogen-bond acceptors (Lipinski definition) is 3. The second kappa shape index (κ2) is 7.21. The van der Waals surface area contributed by atoms with Gasteiger partial charge in [-0.05, 0) is 30.0 Å². The fourth-order valence-electron chi connectivity index (χ4n) is 2.66. The zero-order valence-corrected chi connectivity index (χ0v) is 14.8. The molecular weight excluding hydrogens is 330 g/mol. The van der Waals surface area contributed by atoms with Crippen molar-refractivity contribution in [2.24, 2.45) is 5.92 Å². The first-order valence-corrected chi connectivity index (χ1v) is 8.34. The van der Waals surface area contributed by atoms with Crippen molar-refractivity contribution in [1.82, 2.24) is 15.5 Å². The Labute approximate surface area is 146 Å². The molecule has 1 saturated heterocycles. The summed E-state index contributed by atoms with van der Waals surface area (Å²) in [5, 5.41) is 6.00. The van der Waals surface area contributed by atoms with Crippen LogP contribution in [0.4, 0.5) is 4.79 Å². The quantitative estimate of drug-likeness (QED) is 0.772.